The number of hydrogen-bond donors (Lipinski definition) is 1. The van der Waals surface area contributed by atoms with Gasteiger partial charge in [-0.3, -0.25) is 0 Å². The Hall–Kier alpha value is -1.04. The first kappa shape index (κ1) is 16.8. The Labute approximate surface area is 146 Å². The standard InChI is InChI=1S/C15H18N2O4S.W/c1-3-16-8-13-9-17(15(18)21-13)12-4-5-14-11(7-12)6-10(2)22(14,19)20;/h4-5,7,10,13,16H,6,8-9H2,1-2H3;/t10?,13-;/m0./s1. The number of benzene rings is 1. The van der Waals surface area contributed by atoms with E-state index >= 15 is 0 Å². The zero-order valence-electron chi connectivity index (χ0n) is 12.9. The monoisotopic (exact) mass is 506 g/mol. The molecule has 2 aliphatic rings. The number of sulfone groups is 1. The van der Waals surface area contributed by atoms with E-state index < -0.39 is 15.1 Å². The van der Waals surface area contributed by atoms with Crippen LogP contribution < -0.4 is 10.2 Å². The summed E-state index contributed by atoms with van der Waals surface area (Å²) >= 11 is 1.36. The van der Waals surface area contributed by atoms with E-state index in [0.717, 1.165) is 9.59 Å². The molecule has 0 aromatic heterocycles. The van der Waals surface area contributed by atoms with Gasteiger partial charge < -0.3 is 0 Å². The van der Waals surface area contributed by atoms with Crippen LogP contribution >= 0.6 is 0 Å². The van der Waals surface area contributed by atoms with E-state index in [1.165, 1.54) is 19.4 Å². The molecule has 3 rings (SSSR count). The van der Waals surface area contributed by atoms with E-state index in [4.69, 9.17) is 4.74 Å². The van der Waals surface area contributed by atoms with E-state index in [2.05, 4.69) is 5.32 Å². The Morgan fingerprint density at radius 3 is 2.91 bits per heavy atom. The molecule has 1 amide bonds. The number of carbonyl (C=O) groups excluding carboxylic acids is 1. The molecular formula is C15H18N2O4SW. The van der Waals surface area contributed by atoms with Crippen molar-refractivity contribution in [3.05, 3.63) is 23.8 Å². The first-order chi connectivity index (χ1) is 10.8. The van der Waals surface area contributed by atoms with Gasteiger partial charge in [-0.1, -0.05) is 0 Å². The fraction of sp³-hybridized carbons (Fsp3) is 0.467. The number of anilines is 1. The number of ether oxygens (including phenoxy) is 1. The van der Waals surface area contributed by atoms with Gasteiger partial charge in [0.05, 0.1) is 0 Å². The number of carbonyl (C=O) groups is 1. The Morgan fingerprint density at radius 2 is 2.22 bits per heavy atom. The fourth-order valence-corrected chi connectivity index (χ4v) is 4.80. The van der Waals surface area contributed by atoms with Crippen LogP contribution in [0.15, 0.2) is 23.1 Å². The topological polar surface area (TPSA) is 75.7 Å². The molecular weight excluding hydrogens is 488 g/mol. The van der Waals surface area contributed by atoms with Crippen LogP contribution in [0.3, 0.4) is 0 Å². The van der Waals surface area contributed by atoms with Crippen molar-refractivity contribution in [3.8, 4) is 0 Å². The second-order valence-electron chi connectivity index (χ2n) is 5.91. The van der Waals surface area contributed by atoms with Crippen molar-refractivity contribution in [2.75, 3.05) is 18.0 Å². The zero-order chi connectivity index (χ0) is 16.8. The van der Waals surface area contributed by atoms with Crippen LogP contribution in [0.2, 0.25) is 0 Å². The SMILES string of the molecule is C[C](=[W])NC[C@H]1CN(c2ccc3c(c2)CC(C)S3(=O)=O)C(=O)O1. The normalized spacial score (nSPS) is 25.3. The number of rotatable bonds is 4. The van der Waals surface area contributed by atoms with Crippen molar-refractivity contribution >= 4 is 25.6 Å². The molecule has 1 aromatic carbocycles. The Balaban J connectivity index is 1.80. The van der Waals surface area contributed by atoms with E-state index in [1.54, 1.807) is 30.0 Å². The number of nitrogens with zero attached hydrogens (tertiary/aromatic N) is 1. The van der Waals surface area contributed by atoms with Gasteiger partial charge in [-0.05, 0) is 0 Å². The summed E-state index contributed by atoms with van der Waals surface area (Å²) < 4.78 is 30.8. The molecule has 0 spiro atoms. The average Bonchev–Trinajstić information content (AvgIpc) is 2.95. The van der Waals surface area contributed by atoms with Crippen molar-refractivity contribution in [2.45, 2.75) is 36.5 Å². The van der Waals surface area contributed by atoms with Gasteiger partial charge in [-0.2, -0.15) is 0 Å². The number of nitrogens with one attached hydrogen (secondary N) is 1. The molecule has 2 heterocycles. The Kier molecular flexibility index (Phi) is 4.47. The second kappa shape index (κ2) is 6.11. The van der Waals surface area contributed by atoms with Crippen LogP contribution in [0.5, 0.6) is 0 Å². The first-order valence-electron chi connectivity index (χ1n) is 7.38. The van der Waals surface area contributed by atoms with Gasteiger partial charge in [0.2, 0.25) is 0 Å². The van der Waals surface area contributed by atoms with E-state index in [1.807, 2.05) is 6.92 Å². The van der Waals surface area contributed by atoms with Crippen molar-refractivity contribution in [2.24, 2.45) is 0 Å². The van der Waals surface area contributed by atoms with Gasteiger partial charge in [0, 0.05) is 0 Å². The van der Waals surface area contributed by atoms with Crippen molar-refractivity contribution in [3.63, 3.8) is 0 Å². The molecule has 1 N–H and O–H groups in total. The maximum atomic E-state index is 12.2. The molecule has 0 aliphatic carbocycles. The zero-order valence-corrected chi connectivity index (χ0v) is 16.7. The molecule has 124 valence electrons. The molecule has 6 nitrogen and oxygen atoms in total. The fourth-order valence-electron chi connectivity index (χ4n) is 2.90. The molecule has 1 unspecified atom stereocenters. The van der Waals surface area contributed by atoms with Gasteiger partial charge in [0.15, 0.2) is 0 Å². The maximum absolute atomic E-state index is 12.2. The predicted octanol–water partition coefficient (Wildman–Crippen LogP) is 1.02. The molecule has 23 heavy (non-hydrogen) atoms. The minimum atomic E-state index is -3.21. The number of cyclic esters (lactones) is 1. The second-order valence-corrected chi connectivity index (χ2v) is 10.4. The summed E-state index contributed by atoms with van der Waals surface area (Å²) in [5.74, 6) is 0. The first-order valence-corrected chi connectivity index (χ1v) is 10.4. The van der Waals surface area contributed by atoms with Crippen LogP contribution in [0, 0.1) is 0 Å². The quantitative estimate of drug-likeness (QED) is 0.661. The summed E-state index contributed by atoms with van der Waals surface area (Å²) in [6, 6.07) is 5.09. The van der Waals surface area contributed by atoms with Crippen LogP contribution in [-0.2, 0) is 40.3 Å². The summed E-state index contributed by atoms with van der Waals surface area (Å²) in [6.07, 6.45) is -0.0916. The summed E-state index contributed by atoms with van der Waals surface area (Å²) in [7, 11) is -3.21. The van der Waals surface area contributed by atoms with Crippen molar-refractivity contribution in [1.29, 1.82) is 0 Å². The van der Waals surface area contributed by atoms with Gasteiger partial charge in [-0.15, -0.1) is 0 Å². The van der Waals surface area contributed by atoms with Gasteiger partial charge in [0.25, 0.3) is 0 Å². The van der Waals surface area contributed by atoms with Crippen LogP contribution in [0.1, 0.15) is 19.4 Å². The number of fused-ring (bicyclic) bond motifs is 1. The third-order valence-electron chi connectivity index (χ3n) is 4.15. The molecule has 0 bridgehead atoms. The molecule has 2 aliphatic heterocycles. The third kappa shape index (κ3) is 3.14. The average molecular weight is 506 g/mol. The van der Waals surface area contributed by atoms with Gasteiger partial charge in [0.1, 0.15) is 0 Å². The van der Waals surface area contributed by atoms with E-state index in [-0.39, 0.29) is 12.2 Å². The van der Waals surface area contributed by atoms with E-state index in [0.29, 0.717) is 30.1 Å². The molecule has 1 saturated heterocycles. The molecule has 0 saturated carbocycles. The van der Waals surface area contributed by atoms with Crippen molar-refractivity contribution in [1.82, 2.24) is 5.32 Å². The molecule has 8 heteroatoms. The summed E-state index contributed by atoms with van der Waals surface area (Å²) in [5.41, 5.74) is 1.48. The van der Waals surface area contributed by atoms with Crippen molar-refractivity contribution < 1.29 is 37.3 Å². The third-order valence-corrected chi connectivity index (χ3v) is 6.91. The minimum absolute atomic E-state index is 0.201. The van der Waals surface area contributed by atoms with Crippen LogP contribution in [-0.4, -0.2) is 43.0 Å². The van der Waals surface area contributed by atoms with Gasteiger partial charge in [-0.25, -0.2) is 0 Å². The Bertz CT molecular complexity index is 778. The molecule has 1 fully saturated rings. The number of amides is 1. The number of hydrogen-bond acceptors (Lipinski definition) is 5. The van der Waals surface area contributed by atoms with E-state index in [9.17, 15) is 13.2 Å². The Morgan fingerprint density at radius 1 is 1.48 bits per heavy atom. The summed E-state index contributed by atoms with van der Waals surface area (Å²) in [5, 5.41) is 2.81. The van der Waals surface area contributed by atoms with Crippen LogP contribution in [0.4, 0.5) is 10.5 Å². The molecule has 1 aromatic rings. The molecule has 0 radical (unpaired) electrons. The molecule has 2 atom stereocenters. The summed E-state index contributed by atoms with van der Waals surface area (Å²) in [4.78, 5) is 14.0. The van der Waals surface area contributed by atoms with Crippen LogP contribution in [0.25, 0.3) is 0 Å². The van der Waals surface area contributed by atoms with Gasteiger partial charge >= 0.3 is 147 Å². The summed E-state index contributed by atoms with van der Waals surface area (Å²) in [6.45, 7) is 4.77. The predicted molar refractivity (Wildman–Crippen MR) is 83.1 cm³/mol.